The van der Waals surface area contributed by atoms with Gasteiger partial charge >= 0.3 is 0 Å². The number of hydrogen-bond acceptors (Lipinski definition) is 4. The highest BCUT2D eigenvalue weighted by atomic mass is 16.5. The van der Waals surface area contributed by atoms with Gasteiger partial charge in [0.1, 0.15) is 0 Å². The van der Waals surface area contributed by atoms with E-state index in [1.54, 1.807) is 0 Å². The summed E-state index contributed by atoms with van der Waals surface area (Å²) >= 11 is 0. The standard InChI is InChI=1S/C25H30N4O/c1-2-7-20(8-3-1)19-29-25-12-6-10-23(22(25)18-27-29)26-17-21-9-4-5-11-24(21)28-13-15-30-16-14-28/h1-5,7-9,11,18,23,26H,6,10,12-17,19H2. The van der Waals surface area contributed by atoms with Crippen molar-refractivity contribution >= 4 is 5.69 Å². The zero-order valence-electron chi connectivity index (χ0n) is 17.5. The molecule has 1 aliphatic heterocycles. The Morgan fingerprint density at radius 2 is 1.80 bits per heavy atom. The summed E-state index contributed by atoms with van der Waals surface area (Å²) in [5.74, 6) is 0. The number of aromatic nitrogens is 2. The zero-order valence-corrected chi connectivity index (χ0v) is 17.5. The fourth-order valence-corrected chi connectivity index (χ4v) is 4.73. The molecule has 1 aliphatic carbocycles. The minimum Gasteiger partial charge on any atom is -0.378 e. The Morgan fingerprint density at radius 3 is 2.67 bits per heavy atom. The topological polar surface area (TPSA) is 42.3 Å². The zero-order chi connectivity index (χ0) is 20.2. The molecule has 30 heavy (non-hydrogen) atoms. The van der Waals surface area contributed by atoms with E-state index in [2.05, 4.69) is 75.7 Å². The van der Waals surface area contributed by atoms with E-state index >= 15 is 0 Å². The van der Waals surface area contributed by atoms with Gasteiger partial charge in [0.05, 0.1) is 26.0 Å². The number of nitrogens with zero attached hydrogens (tertiary/aromatic N) is 3. The quantitative estimate of drug-likeness (QED) is 0.678. The molecule has 0 spiro atoms. The molecule has 3 aromatic rings. The Morgan fingerprint density at radius 1 is 1.00 bits per heavy atom. The second-order valence-electron chi connectivity index (χ2n) is 8.24. The van der Waals surface area contributed by atoms with Crippen LogP contribution in [0.15, 0.2) is 60.8 Å². The summed E-state index contributed by atoms with van der Waals surface area (Å²) in [6.07, 6.45) is 5.58. The maximum atomic E-state index is 5.53. The summed E-state index contributed by atoms with van der Waals surface area (Å²) in [5, 5.41) is 8.58. The minimum atomic E-state index is 0.371. The number of rotatable bonds is 6. The summed E-state index contributed by atoms with van der Waals surface area (Å²) in [4.78, 5) is 2.45. The number of morpholine rings is 1. The van der Waals surface area contributed by atoms with E-state index in [0.717, 1.165) is 45.8 Å². The van der Waals surface area contributed by atoms with Gasteiger partial charge in [0, 0.05) is 42.6 Å². The molecule has 1 saturated heterocycles. The summed E-state index contributed by atoms with van der Waals surface area (Å²) in [7, 11) is 0. The SMILES string of the molecule is c1ccc(Cn2ncc3c2CCCC3NCc2ccccc2N2CCOCC2)cc1. The van der Waals surface area contributed by atoms with Gasteiger partial charge in [-0.15, -0.1) is 0 Å². The molecule has 2 aliphatic rings. The van der Waals surface area contributed by atoms with Gasteiger partial charge in [0.15, 0.2) is 0 Å². The van der Waals surface area contributed by atoms with Gasteiger partial charge in [-0.3, -0.25) is 4.68 Å². The number of benzene rings is 2. The van der Waals surface area contributed by atoms with E-state index in [1.165, 1.54) is 40.9 Å². The van der Waals surface area contributed by atoms with Crippen molar-refractivity contribution in [3.05, 3.63) is 83.2 Å². The first-order chi connectivity index (χ1) is 14.9. The molecule has 5 nitrogen and oxygen atoms in total. The minimum absolute atomic E-state index is 0.371. The van der Waals surface area contributed by atoms with Gasteiger partial charge in [-0.05, 0) is 36.5 Å². The molecule has 0 amide bonds. The Balaban J connectivity index is 1.30. The van der Waals surface area contributed by atoms with Crippen LogP contribution in [0.5, 0.6) is 0 Å². The molecule has 2 heterocycles. The molecule has 0 bridgehead atoms. The average molecular weight is 403 g/mol. The van der Waals surface area contributed by atoms with Gasteiger partial charge in [-0.2, -0.15) is 5.10 Å². The van der Waals surface area contributed by atoms with Gasteiger partial charge in [0.25, 0.3) is 0 Å². The van der Waals surface area contributed by atoms with Crippen LogP contribution in [0.2, 0.25) is 0 Å². The highest BCUT2D eigenvalue weighted by Crippen LogP contribution is 2.31. The van der Waals surface area contributed by atoms with Crippen molar-refractivity contribution in [2.24, 2.45) is 0 Å². The van der Waals surface area contributed by atoms with Crippen LogP contribution in [0.25, 0.3) is 0 Å². The average Bonchev–Trinajstić information content (AvgIpc) is 3.22. The Labute approximate surface area is 178 Å². The van der Waals surface area contributed by atoms with E-state index in [0.29, 0.717) is 6.04 Å². The molecule has 1 N–H and O–H groups in total. The van der Waals surface area contributed by atoms with Crippen molar-refractivity contribution in [1.82, 2.24) is 15.1 Å². The lowest BCUT2D eigenvalue weighted by Crippen LogP contribution is -2.37. The largest absolute Gasteiger partial charge is 0.378 e. The molecule has 1 atom stereocenters. The van der Waals surface area contributed by atoms with E-state index in [4.69, 9.17) is 9.84 Å². The van der Waals surface area contributed by atoms with Crippen molar-refractivity contribution < 1.29 is 4.74 Å². The molecule has 156 valence electrons. The van der Waals surface area contributed by atoms with Crippen LogP contribution >= 0.6 is 0 Å². The van der Waals surface area contributed by atoms with Crippen LogP contribution in [0, 0.1) is 0 Å². The third-order valence-electron chi connectivity index (χ3n) is 6.32. The summed E-state index contributed by atoms with van der Waals surface area (Å²) in [6.45, 7) is 5.29. The first-order valence-corrected chi connectivity index (χ1v) is 11.1. The number of anilines is 1. The van der Waals surface area contributed by atoms with Crippen molar-refractivity contribution in [3.8, 4) is 0 Å². The second-order valence-corrected chi connectivity index (χ2v) is 8.24. The Kier molecular flexibility index (Phi) is 5.82. The van der Waals surface area contributed by atoms with Gasteiger partial charge in [0.2, 0.25) is 0 Å². The molecule has 1 unspecified atom stereocenters. The van der Waals surface area contributed by atoms with Gasteiger partial charge < -0.3 is 15.0 Å². The predicted molar refractivity (Wildman–Crippen MR) is 120 cm³/mol. The number of nitrogens with one attached hydrogen (secondary N) is 1. The molecule has 2 aromatic carbocycles. The number of para-hydroxylation sites is 1. The van der Waals surface area contributed by atoms with Crippen LogP contribution in [0.1, 0.15) is 41.3 Å². The number of hydrogen-bond donors (Lipinski definition) is 1. The normalized spacial score (nSPS) is 18.9. The lowest BCUT2D eigenvalue weighted by Gasteiger charge is -2.31. The molecule has 5 rings (SSSR count). The van der Waals surface area contributed by atoms with Crippen molar-refractivity contribution in [3.63, 3.8) is 0 Å². The predicted octanol–water partition coefficient (Wildman–Crippen LogP) is 3.94. The lowest BCUT2D eigenvalue weighted by atomic mass is 9.92. The molecule has 5 heteroatoms. The van der Waals surface area contributed by atoms with E-state index in [-0.39, 0.29) is 0 Å². The second kappa shape index (κ2) is 9.02. The molecule has 0 radical (unpaired) electrons. The fraction of sp³-hybridized carbons (Fsp3) is 0.400. The van der Waals surface area contributed by atoms with Gasteiger partial charge in [-0.25, -0.2) is 0 Å². The van der Waals surface area contributed by atoms with Crippen LogP contribution in [0.4, 0.5) is 5.69 Å². The highest BCUT2D eigenvalue weighted by molar-refractivity contribution is 5.54. The monoisotopic (exact) mass is 402 g/mol. The summed E-state index contributed by atoms with van der Waals surface area (Å²) < 4.78 is 7.73. The van der Waals surface area contributed by atoms with Crippen molar-refractivity contribution in [2.75, 3.05) is 31.2 Å². The van der Waals surface area contributed by atoms with Crippen LogP contribution in [0.3, 0.4) is 0 Å². The van der Waals surface area contributed by atoms with Crippen molar-refractivity contribution in [1.29, 1.82) is 0 Å². The lowest BCUT2D eigenvalue weighted by molar-refractivity contribution is 0.122. The summed E-state index contributed by atoms with van der Waals surface area (Å²) in [5.41, 5.74) is 6.77. The van der Waals surface area contributed by atoms with E-state index in [9.17, 15) is 0 Å². The maximum Gasteiger partial charge on any atom is 0.0662 e. The molecular formula is C25H30N4O. The third-order valence-corrected chi connectivity index (χ3v) is 6.32. The molecule has 0 saturated carbocycles. The fourth-order valence-electron chi connectivity index (χ4n) is 4.73. The van der Waals surface area contributed by atoms with Crippen LogP contribution in [-0.2, 0) is 24.2 Å². The van der Waals surface area contributed by atoms with Gasteiger partial charge in [-0.1, -0.05) is 48.5 Å². The summed E-state index contributed by atoms with van der Waals surface area (Å²) in [6, 6.07) is 19.8. The van der Waals surface area contributed by atoms with E-state index in [1.807, 2.05) is 0 Å². The first-order valence-electron chi connectivity index (χ1n) is 11.1. The number of ether oxygens (including phenoxy) is 1. The van der Waals surface area contributed by atoms with Crippen LogP contribution in [-0.4, -0.2) is 36.1 Å². The van der Waals surface area contributed by atoms with Crippen molar-refractivity contribution in [2.45, 2.75) is 38.4 Å². The van der Waals surface area contributed by atoms with E-state index < -0.39 is 0 Å². The Hall–Kier alpha value is -2.63. The molecule has 1 aromatic heterocycles. The Bertz CT molecular complexity index is 962. The molecular weight excluding hydrogens is 372 g/mol. The first kappa shape index (κ1) is 19.3. The van der Waals surface area contributed by atoms with Crippen LogP contribution < -0.4 is 10.2 Å². The number of fused-ring (bicyclic) bond motifs is 1. The highest BCUT2D eigenvalue weighted by Gasteiger charge is 2.24. The smallest absolute Gasteiger partial charge is 0.0662 e. The molecule has 1 fully saturated rings. The maximum absolute atomic E-state index is 5.53. The third kappa shape index (κ3) is 4.13.